The van der Waals surface area contributed by atoms with Crippen molar-refractivity contribution in [2.45, 2.75) is 150 Å². The molecule has 1 heterocycles. The first-order chi connectivity index (χ1) is 23.0. The van der Waals surface area contributed by atoms with E-state index in [4.69, 9.17) is 18.9 Å². The summed E-state index contributed by atoms with van der Waals surface area (Å²) >= 11 is 0. The van der Waals surface area contributed by atoms with Crippen molar-refractivity contribution in [1.29, 1.82) is 0 Å². The van der Waals surface area contributed by atoms with E-state index >= 15 is 0 Å². The second-order valence-electron chi connectivity index (χ2n) is 18.3. The molecule has 1 saturated heterocycles. The number of hydrogen-bond donors (Lipinski definition) is 5. The predicted molar refractivity (Wildman–Crippen MR) is 189 cm³/mol. The van der Waals surface area contributed by atoms with Gasteiger partial charge in [-0.05, 0) is 122 Å². The molecule has 0 aromatic heterocycles. The molecule has 6 rings (SSSR count). The number of carbonyl (C=O) groups is 1. The molecule has 6 aliphatic rings. The predicted octanol–water partition coefficient (Wildman–Crippen LogP) is 5.61. The molecule has 5 N–H and O–H groups in total. The largest absolute Gasteiger partial charge is 0.508 e. The molecule has 0 amide bonds. The highest BCUT2D eigenvalue weighted by atomic mass is 16.7. The molecule has 0 bridgehead atoms. The van der Waals surface area contributed by atoms with Gasteiger partial charge in [-0.3, -0.25) is 0 Å². The van der Waals surface area contributed by atoms with Gasteiger partial charge in [-0.25, -0.2) is 4.79 Å². The van der Waals surface area contributed by atoms with Crippen molar-refractivity contribution in [2.24, 2.45) is 56.7 Å². The number of aliphatic hydroxyl groups is 5. The van der Waals surface area contributed by atoms with Crippen molar-refractivity contribution < 1.29 is 49.3 Å². The van der Waals surface area contributed by atoms with Gasteiger partial charge < -0.3 is 44.5 Å². The molecule has 5 saturated carbocycles. The molecule has 1 aliphatic heterocycles. The summed E-state index contributed by atoms with van der Waals surface area (Å²) in [5.74, 6) is 2.61. The first-order valence-corrected chi connectivity index (χ1v) is 19.0. The van der Waals surface area contributed by atoms with E-state index in [1.165, 1.54) is 24.8 Å². The average molecular weight is 709 g/mol. The molecule has 5 aliphatic carbocycles. The minimum absolute atomic E-state index is 0. The molecule has 10 nitrogen and oxygen atoms in total. The molecule has 288 valence electrons. The standard InChI is InChI=1S/C39H64O10.CH4/c1-22(2)23-10-15-39(21-41)17-16-37(6)24(29(23)39)8-9-27-36(5)13-12-28(35(3,4)26(36)11-14-38(27,37)7)49-34(45)47-19-18-46-33-32(44)31(43)30(42)25(20-40)48-33;/h23-33,40-44H,1,8-21H2,2-7H3;1H4/t23-,24?,25+,26?,27?,28?,29?,30+,31-,32+,33+,36-,37+,38+,39+;/m0./s1. The van der Waals surface area contributed by atoms with Crippen LogP contribution in [0.25, 0.3) is 0 Å². The van der Waals surface area contributed by atoms with Crippen LogP contribution in [0.15, 0.2) is 12.2 Å². The van der Waals surface area contributed by atoms with Crippen LogP contribution in [0.1, 0.15) is 113 Å². The Morgan fingerprint density at radius 2 is 1.54 bits per heavy atom. The highest BCUT2D eigenvalue weighted by molar-refractivity contribution is 5.60. The summed E-state index contributed by atoms with van der Waals surface area (Å²) < 4.78 is 22.2. The van der Waals surface area contributed by atoms with Gasteiger partial charge in [0.05, 0.1) is 13.2 Å². The number of hydrogen-bond acceptors (Lipinski definition) is 10. The Labute approximate surface area is 300 Å². The zero-order valence-corrected chi connectivity index (χ0v) is 30.7. The Morgan fingerprint density at radius 1 is 0.820 bits per heavy atom. The fraction of sp³-hybridized carbons (Fsp3) is 0.925. The first kappa shape index (κ1) is 39.9. The molecule has 10 heteroatoms. The monoisotopic (exact) mass is 708 g/mol. The summed E-state index contributed by atoms with van der Waals surface area (Å²) in [5.41, 5.74) is 1.65. The lowest BCUT2D eigenvalue weighted by molar-refractivity contribution is -0.302. The molecule has 6 fully saturated rings. The third-order valence-corrected chi connectivity index (χ3v) is 16.2. The first-order valence-electron chi connectivity index (χ1n) is 19.0. The molecular weight excluding hydrogens is 640 g/mol. The van der Waals surface area contributed by atoms with Crippen molar-refractivity contribution in [1.82, 2.24) is 0 Å². The second kappa shape index (κ2) is 14.2. The second-order valence-corrected chi connectivity index (χ2v) is 18.3. The van der Waals surface area contributed by atoms with E-state index in [1.807, 2.05) is 0 Å². The van der Waals surface area contributed by atoms with E-state index in [2.05, 4.69) is 48.1 Å². The lowest BCUT2D eigenvalue weighted by Gasteiger charge is -2.73. The summed E-state index contributed by atoms with van der Waals surface area (Å²) in [7, 11) is 0. The maximum absolute atomic E-state index is 12.9. The summed E-state index contributed by atoms with van der Waals surface area (Å²) in [6.45, 7) is 18.4. The van der Waals surface area contributed by atoms with Crippen molar-refractivity contribution in [3.05, 3.63) is 12.2 Å². The zero-order chi connectivity index (χ0) is 35.7. The smallest absolute Gasteiger partial charge is 0.432 e. The summed E-state index contributed by atoms with van der Waals surface area (Å²) in [4.78, 5) is 12.9. The van der Waals surface area contributed by atoms with Gasteiger partial charge in [-0.2, -0.15) is 0 Å². The quantitative estimate of drug-likeness (QED) is 0.122. The SMILES string of the molecule is C.C=C(C)[C@@H]1CC[C@]2(CO)CC[C@]3(C)C(CCC4[C@@]5(C)CCC(OC(=O)OCCO[C@@H]6O[C@H](CO)[C@@H](O)[C@H](O)[C@H]6O)C(C)(C)C5CC[C@]43C)C12. The van der Waals surface area contributed by atoms with E-state index in [0.717, 1.165) is 44.9 Å². The van der Waals surface area contributed by atoms with Crippen LogP contribution in [-0.2, 0) is 18.9 Å². The van der Waals surface area contributed by atoms with Crippen molar-refractivity contribution in [3.63, 3.8) is 0 Å². The van der Waals surface area contributed by atoms with Crippen LogP contribution in [-0.4, -0.2) is 94.9 Å². The molecule has 0 aromatic carbocycles. The molecule has 0 radical (unpaired) electrons. The normalized spacial score (nSPS) is 49.3. The third-order valence-electron chi connectivity index (χ3n) is 16.2. The van der Waals surface area contributed by atoms with E-state index < -0.39 is 43.5 Å². The highest BCUT2D eigenvalue weighted by Crippen LogP contribution is 2.77. The van der Waals surface area contributed by atoms with E-state index in [-0.39, 0.29) is 53.8 Å². The summed E-state index contributed by atoms with van der Waals surface area (Å²) in [6, 6.07) is 0. The Kier molecular flexibility index (Phi) is 11.3. The lowest BCUT2D eigenvalue weighted by Crippen LogP contribution is -2.67. The van der Waals surface area contributed by atoms with Crippen LogP contribution in [0.3, 0.4) is 0 Å². The van der Waals surface area contributed by atoms with Crippen molar-refractivity contribution in [3.8, 4) is 0 Å². The van der Waals surface area contributed by atoms with Crippen molar-refractivity contribution in [2.75, 3.05) is 26.4 Å². The Hall–Kier alpha value is -1.27. The highest BCUT2D eigenvalue weighted by Gasteiger charge is 2.71. The van der Waals surface area contributed by atoms with Crippen LogP contribution in [0.5, 0.6) is 0 Å². The van der Waals surface area contributed by atoms with Gasteiger partial charge in [-0.1, -0.05) is 54.2 Å². The number of ether oxygens (including phenoxy) is 4. The molecule has 15 atom stereocenters. The van der Waals surface area contributed by atoms with E-state index in [0.29, 0.717) is 36.2 Å². The summed E-state index contributed by atoms with van der Waals surface area (Å²) in [6.07, 6.45) is 3.14. The number of carbonyl (C=O) groups excluding carboxylic acids is 1. The lowest BCUT2D eigenvalue weighted by atomic mass is 9.32. The van der Waals surface area contributed by atoms with Gasteiger partial charge in [-0.15, -0.1) is 0 Å². The molecule has 0 aromatic rings. The van der Waals surface area contributed by atoms with Gasteiger partial charge in [0.2, 0.25) is 0 Å². The summed E-state index contributed by atoms with van der Waals surface area (Å²) in [5, 5.41) is 50.3. The van der Waals surface area contributed by atoms with E-state index in [1.54, 1.807) is 0 Å². The average Bonchev–Trinajstić information content (AvgIpc) is 3.45. The van der Waals surface area contributed by atoms with E-state index in [9.17, 15) is 30.3 Å². The zero-order valence-electron chi connectivity index (χ0n) is 30.7. The van der Waals surface area contributed by atoms with Crippen LogP contribution in [0, 0.1) is 56.7 Å². The van der Waals surface area contributed by atoms with Crippen LogP contribution < -0.4 is 0 Å². The van der Waals surface area contributed by atoms with Gasteiger partial charge >= 0.3 is 6.16 Å². The van der Waals surface area contributed by atoms with Crippen molar-refractivity contribution >= 4 is 6.16 Å². The number of aliphatic hydroxyl groups excluding tert-OH is 5. The minimum Gasteiger partial charge on any atom is -0.432 e. The third kappa shape index (κ3) is 5.99. The van der Waals surface area contributed by atoms with Gasteiger partial charge in [0.25, 0.3) is 0 Å². The Balaban J connectivity index is 0.00000486. The van der Waals surface area contributed by atoms with Gasteiger partial charge in [0.1, 0.15) is 37.1 Å². The van der Waals surface area contributed by atoms with Gasteiger partial charge in [0.15, 0.2) is 6.29 Å². The topological polar surface area (TPSA) is 155 Å². The molecular formula is C40H68O10. The van der Waals surface area contributed by atoms with Gasteiger partial charge in [0, 0.05) is 12.0 Å². The Morgan fingerprint density at radius 3 is 2.20 bits per heavy atom. The van der Waals surface area contributed by atoms with Crippen LogP contribution in [0.2, 0.25) is 0 Å². The maximum atomic E-state index is 12.9. The van der Waals surface area contributed by atoms with Crippen LogP contribution in [0.4, 0.5) is 4.79 Å². The number of rotatable bonds is 8. The molecule has 5 unspecified atom stereocenters. The number of fused-ring (bicyclic) bond motifs is 7. The maximum Gasteiger partial charge on any atom is 0.508 e. The molecule has 50 heavy (non-hydrogen) atoms. The fourth-order valence-electron chi connectivity index (χ4n) is 13.4. The Bertz CT molecular complexity index is 1240. The molecule has 0 spiro atoms. The van der Waals surface area contributed by atoms with Crippen LogP contribution >= 0.6 is 0 Å². The fourth-order valence-corrected chi connectivity index (χ4v) is 13.4. The number of allylic oxidation sites excluding steroid dienone is 1. The minimum atomic E-state index is -1.54.